The molecule has 1 aliphatic rings. The zero-order valence-electron chi connectivity index (χ0n) is 12.5. The van der Waals surface area contributed by atoms with Crippen LogP contribution >= 0.6 is 0 Å². The first-order chi connectivity index (χ1) is 9.76. The topological polar surface area (TPSA) is 68.3 Å². The van der Waals surface area contributed by atoms with Gasteiger partial charge >= 0.3 is 0 Å². The van der Waals surface area contributed by atoms with E-state index < -0.39 is 0 Å². The van der Waals surface area contributed by atoms with Crippen LogP contribution in [-0.4, -0.2) is 42.9 Å². The van der Waals surface area contributed by atoms with E-state index in [4.69, 9.17) is 9.47 Å². The van der Waals surface area contributed by atoms with Crippen molar-refractivity contribution in [1.82, 2.24) is 9.97 Å². The van der Waals surface area contributed by atoms with Crippen molar-refractivity contribution in [3.63, 3.8) is 0 Å². The van der Waals surface area contributed by atoms with Gasteiger partial charge in [-0.3, -0.25) is 0 Å². The van der Waals surface area contributed by atoms with Gasteiger partial charge in [0.25, 0.3) is 0 Å². The van der Waals surface area contributed by atoms with Crippen molar-refractivity contribution in [3.8, 4) is 0 Å². The van der Waals surface area contributed by atoms with Crippen LogP contribution in [-0.2, 0) is 16.1 Å². The monoisotopic (exact) mass is 280 g/mol. The summed E-state index contributed by atoms with van der Waals surface area (Å²) in [6.07, 6.45) is 3.66. The summed E-state index contributed by atoms with van der Waals surface area (Å²) in [5.74, 6) is 2.33. The normalized spacial score (nSPS) is 21.9. The molecule has 0 saturated heterocycles. The zero-order chi connectivity index (χ0) is 14.4. The number of nitrogens with one attached hydrogen (secondary N) is 2. The van der Waals surface area contributed by atoms with Crippen LogP contribution in [0.15, 0.2) is 6.07 Å². The number of hydrogen-bond acceptors (Lipinski definition) is 6. The van der Waals surface area contributed by atoms with Gasteiger partial charge in [-0.1, -0.05) is 0 Å². The van der Waals surface area contributed by atoms with Crippen molar-refractivity contribution in [2.24, 2.45) is 0 Å². The van der Waals surface area contributed by atoms with Gasteiger partial charge < -0.3 is 20.1 Å². The third-order valence-electron chi connectivity index (χ3n) is 3.49. The molecule has 6 heteroatoms. The number of rotatable bonds is 7. The summed E-state index contributed by atoms with van der Waals surface area (Å²) < 4.78 is 10.6. The molecule has 0 amide bonds. The lowest BCUT2D eigenvalue weighted by atomic mass is 10.2. The Hall–Kier alpha value is -1.40. The fourth-order valence-corrected chi connectivity index (χ4v) is 2.60. The highest BCUT2D eigenvalue weighted by Crippen LogP contribution is 2.25. The number of hydrogen-bond donors (Lipinski definition) is 2. The van der Waals surface area contributed by atoms with Crippen LogP contribution in [0.4, 0.5) is 11.6 Å². The summed E-state index contributed by atoms with van der Waals surface area (Å²) in [5, 5.41) is 6.69. The average Bonchev–Trinajstić information content (AvgIpc) is 2.86. The van der Waals surface area contributed by atoms with Crippen LogP contribution < -0.4 is 10.6 Å². The number of methoxy groups -OCH3 is 2. The SMILES string of the molecule is CCNc1cc(NC2CCCC2OC)nc(COC)n1. The van der Waals surface area contributed by atoms with Gasteiger partial charge in [0.05, 0.1) is 12.1 Å². The molecule has 6 nitrogen and oxygen atoms in total. The Labute approximate surface area is 120 Å². The Kier molecular flexibility index (Phi) is 5.55. The van der Waals surface area contributed by atoms with Crippen molar-refractivity contribution >= 4 is 11.6 Å². The lowest BCUT2D eigenvalue weighted by Crippen LogP contribution is -2.30. The highest BCUT2D eigenvalue weighted by atomic mass is 16.5. The smallest absolute Gasteiger partial charge is 0.158 e. The van der Waals surface area contributed by atoms with Crippen molar-refractivity contribution in [1.29, 1.82) is 0 Å². The summed E-state index contributed by atoms with van der Waals surface area (Å²) >= 11 is 0. The van der Waals surface area contributed by atoms with Crippen LogP contribution in [0.1, 0.15) is 32.0 Å². The molecule has 20 heavy (non-hydrogen) atoms. The minimum atomic E-state index is 0.262. The number of ether oxygens (including phenoxy) is 2. The van der Waals surface area contributed by atoms with E-state index in [-0.39, 0.29) is 6.10 Å². The van der Waals surface area contributed by atoms with E-state index in [9.17, 15) is 0 Å². The number of anilines is 2. The van der Waals surface area contributed by atoms with Crippen molar-refractivity contribution < 1.29 is 9.47 Å². The molecule has 1 aromatic heterocycles. The van der Waals surface area contributed by atoms with Gasteiger partial charge in [0.1, 0.15) is 18.2 Å². The second kappa shape index (κ2) is 7.40. The van der Waals surface area contributed by atoms with Gasteiger partial charge in [0.2, 0.25) is 0 Å². The highest BCUT2D eigenvalue weighted by molar-refractivity contribution is 5.48. The molecule has 0 radical (unpaired) electrons. The van der Waals surface area contributed by atoms with Gasteiger partial charge in [0.15, 0.2) is 5.82 Å². The van der Waals surface area contributed by atoms with Gasteiger partial charge in [0, 0.05) is 26.8 Å². The summed E-state index contributed by atoms with van der Waals surface area (Å²) in [6.45, 7) is 3.28. The Morgan fingerprint density at radius 3 is 2.75 bits per heavy atom. The second-order valence-electron chi connectivity index (χ2n) is 4.97. The Morgan fingerprint density at radius 1 is 1.25 bits per heavy atom. The van der Waals surface area contributed by atoms with Crippen molar-refractivity contribution in [2.45, 2.75) is 44.9 Å². The van der Waals surface area contributed by atoms with E-state index in [1.807, 2.05) is 13.0 Å². The summed E-state index contributed by atoms with van der Waals surface area (Å²) in [5.41, 5.74) is 0. The molecule has 0 aromatic carbocycles. The fourth-order valence-electron chi connectivity index (χ4n) is 2.60. The molecule has 112 valence electrons. The zero-order valence-corrected chi connectivity index (χ0v) is 12.5. The number of aromatic nitrogens is 2. The van der Waals surface area contributed by atoms with Crippen LogP contribution in [0.2, 0.25) is 0 Å². The van der Waals surface area contributed by atoms with E-state index in [2.05, 4.69) is 20.6 Å². The largest absolute Gasteiger partial charge is 0.379 e. The van der Waals surface area contributed by atoms with Crippen LogP contribution in [0.25, 0.3) is 0 Å². The van der Waals surface area contributed by atoms with E-state index in [0.29, 0.717) is 18.5 Å². The molecular formula is C14H24N4O2. The predicted octanol–water partition coefficient (Wildman–Crippen LogP) is 2.03. The fraction of sp³-hybridized carbons (Fsp3) is 0.714. The van der Waals surface area contributed by atoms with Gasteiger partial charge in [-0.05, 0) is 26.2 Å². The van der Waals surface area contributed by atoms with E-state index in [1.165, 1.54) is 6.42 Å². The first-order valence-electron chi connectivity index (χ1n) is 7.17. The van der Waals surface area contributed by atoms with Gasteiger partial charge in [-0.2, -0.15) is 0 Å². The third-order valence-corrected chi connectivity index (χ3v) is 3.49. The maximum Gasteiger partial charge on any atom is 0.158 e. The van der Waals surface area contributed by atoms with E-state index >= 15 is 0 Å². The minimum absolute atomic E-state index is 0.262. The molecule has 2 rings (SSSR count). The third kappa shape index (κ3) is 3.80. The lowest BCUT2D eigenvalue weighted by Gasteiger charge is -2.20. The van der Waals surface area contributed by atoms with Crippen molar-refractivity contribution in [2.75, 3.05) is 31.4 Å². The lowest BCUT2D eigenvalue weighted by molar-refractivity contribution is 0.101. The molecule has 0 bridgehead atoms. The Morgan fingerprint density at radius 2 is 2.05 bits per heavy atom. The predicted molar refractivity (Wildman–Crippen MR) is 79.0 cm³/mol. The molecule has 0 aliphatic heterocycles. The molecule has 1 aromatic rings. The average molecular weight is 280 g/mol. The summed E-state index contributed by atoms with van der Waals surface area (Å²) in [4.78, 5) is 8.90. The molecule has 0 spiro atoms. The Bertz CT molecular complexity index is 403. The molecule has 2 N–H and O–H groups in total. The standard InChI is InChI=1S/C14H24N4O2/c1-4-15-12-8-13(18-14(17-12)9-19-2)16-10-6-5-7-11(10)20-3/h8,10-11H,4-7,9H2,1-3H3,(H2,15,16,17,18). The minimum Gasteiger partial charge on any atom is -0.379 e. The highest BCUT2D eigenvalue weighted by Gasteiger charge is 2.27. The molecule has 1 aliphatic carbocycles. The van der Waals surface area contributed by atoms with Crippen LogP contribution in [0, 0.1) is 0 Å². The van der Waals surface area contributed by atoms with E-state index in [1.54, 1.807) is 14.2 Å². The van der Waals surface area contributed by atoms with Crippen LogP contribution in [0.5, 0.6) is 0 Å². The summed E-state index contributed by atoms with van der Waals surface area (Å²) in [7, 11) is 3.42. The quantitative estimate of drug-likeness (QED) is 0.796. The molecule has 2 unspecified atom stereocenters. The first-order valence-corrected chi connectivity index (χ1v) is 7.17. The Balaban J connectivity index is 2.12. The summed E-state index contributed by atoms with van der Waals surface area (Å²) in [6, 6.07) is 2.26. The molecule has 1 heterocycles. The van der Waals surface area contributed by atoms with E-state index in [0.717, 1.165) is 31.0 Å². The van der Waals surface area contributed by atoms with Crippen LogP contribution in [0.3, 0.4) is 0 Å². The van der Waals surface area contributed by atoms with Crippen molar-refractivity contribution in [3.05, 3.63) is 11.9 Å². The molecule has 1 fully saturated rings. The van der Waals surface area contributed by atoms with Gasteiger partial charge in [-0.25, -0.2) is 9.97 Å². The molecular weight excluding hydrogens is 256 g/mol. The molecule has 2 atom stereocenters. The number of nitrogens with zero attached hydrogens (tertiary/aromatic N) is 2. The second-order valence-corrected chi connectivity index (χ2v) is 4.97. The first kappa shape index (κ1) is 15.0. The molecule has 1 saturated carbocycles. The van der Waals surface area contributed by atoms with Gasteiger partial charge in [-0.15, -0.1) is 0 Å². The maximum atomic E-state index is 5.51. The maximum absolute atomic E-state index is 5.51.